The first kappa shape index (κ1) is 10.8. The molecule has 0 spiro atoms. The predicted molar refractivity (Wildman–Crippen MR) is 58.0 cm³/mol. The van der Waals surface area contributed by atoms with Crippen molar-refractivity contribution in [3.63, 3.8) is 0 Å². The second kappa shape index (κ2) is 4.04. The van der Waals surface area contributed by atoms with Gasteiger partial charge in [0.05, 0.1) is 20.1 Å². The highest BCUT2D eigenvalue weighted by Gasteiger charge is 2.44. The number of methoxy groups -OCH3 is 2. The van der Waals surface area contributed by atoms with Crippen LogP contribution in [0.15, 0.2) is 18.2 Å². The van der Waals surface area contributed by atoms with Crippen LogP contribution >= 0.6 is 0 Å². The molecule has 2 unspecified atom stereocenters. The fourth-order valence-electron chi connectivity index (χ4n) is 1.92. The van der Waals surface area contributed by atoms with E-state index in [1.54, 1.807) is 14.2 Å². The summed E-state index contributed by atoms with van der Waals surface area (Å²) < 4.78 is 10.3. The Morgan fingerprint density at radius 2 is 2.00 bits per heavy atom. The highest BCUT2D eigenvalue weighted by atomic mass is 16.5. The van der Waals surface area contributed by atoms with E-state index in [4.69, 9.17) is 14.6 Å². The molecule has 86 valence electrons. The number of aliphatic carboxylic acids is 1. The minimum Gasteiger partial charge on any atom is -0.493 e. The lowest BCUT2D eigenvalue weighted by atomic mass is 10.1. The highest BCUT2D eigenvalue weighted by molar-refractivity contribution is 5.75. The van der Waals surface area contributed by atoms with Gasteiger partial charge in [-0.1, -0.05) is 6.07 Å². The van der Waals surface area contributed by atoms with Crippen LogP contribution in [0.4, 0.5) is 0 Å². The van der Waals surface area contributed by atoms with Crippen LogP contribution in [-0.2, 0) is 4.79 Å². The topological polar surface area (TPSA) is 55.8 Å². The standard InChI is InChI=1S/C12H14O4/c1-15-10-4-3-7(5-11(10)16-2)8-6-9(8)12(13)14/h3-5,8-9H,6H2,1-2H3,(H,13,14). The van der Waals surface area contributed by atoms with Crippen LogP contribution in [0, 0.1) is 5.92 Å². The van der Waals surface area contributed by atoms with Crippen LogP contribution in [-0.4, -0.2) is 25.3 Å². The van der Waals surface area contributed by atoms with E-state index < -0.39 is 5.97 Å². The van der Waals surface area contributed by atoms with E-state index in [9.17, 15) is 4.79 Å². The van der Waals surface area contributed by atoms with Gasteiger partial charge < -0.3 is 14.6 Å². The summed E-state index contributed by atoms with van der Waals surface area (Å²) >= 11 is 0. The molecule has 2 rings (SSSR count). The summed E-state index contributed by atoms with van der Waals surface area (Å²) in [4.78, 5) is 10.8. The van der Waals surface area contributed by atoms with Crippen LogP contribution in [0.1, 0.15) is 17.9 Å². The number of hydrogen-bond donors (Lipinski definition) is 1. The molecular weight excluding hydrogens is 208 g/mol. The van der Waals surface area contributed by atoms with Gasteiger partial charge in [-0.3, -0.25) is 4.79 Å². The number of ether oxygens (including phenoxy) is 2. The highest BCUT2D eigenvalue weighted by Crippen LogP contribution is 2.49. The van der Waals surface area contributed by atoms with Crippen molar-refractivity contribution in [2.45, 2.75) is 12.3 Å². The lowest BCUT2D eigenvalue weighted by molar-refractivity contribution is -0.138. The SMILES string of the molecule is COc1ccc(C2CC2C(=O)O)cc1OC. The van der Waals surface area contributed by atoms with Gasteiger partial charge in [0.25, 0.3) is 0 Å². The Balaban J connectivity index is 2.21. The van der Waals surface area contributed by atoms with E-state index in [0.717, 1.165) is 5.56 Å². The molecule has 2 atom stereocenters. The fourth-order valence-corrected chi connectivity index (χ4v) is 1.92. The van der Waals surface area contributed by atoms with Crippen LogP contribution in [0.3, 0.4) is 0 Å². The first-order valence-corrected chi connectivity index (χ1v) is 5.12. The summed E-state index contributed by atoms with van der Waals surface area (Å²) in [5.74, 6) is 0.477. The normalized spacial score (nSPS) is 22.6. The van der Waals surface area contributed by atoms with E-state index in [-0.39, 0.29) is 11.8 Å². The second-order valence-electron chi connectivity index (χ2n) is 3.90. The van der Waals surface area contributed by atoms with Gasteiger partial charge in [0.1, 0.15) is 0 Å². The average Bonchev–Trinajstić information content (AvgIpc) is 3.08. The third-order valence-corrected chi connectivity index (χ3v) is 2.94. The lowest BCUT2D eigenvalue weighted by Gasteiger charge is -2.08. The van der Waals surface area contributed by atoms with Gasteiger partial charge in [-0.05, 0) is 30.0 Å². The second-order valence-corrected chi connectivity index (χ2v) is 3.90. The molecule has 0 aliphatic heterocycles. The zero-order valence-corrected chi connectivity index (χ0v) is 9.27. The molecule has 1 fully saturated rings. The smallest absolute Gasteiger partial charge is 0.307 e. The maximum absolute atomic E-state index is 10.8. The lowest BCUT2D eigenvalue weighted by Crippen LogP contribution is -1.99. The minimum atomic E-state index is -0.722. The van der Waals surface area contributed by atoms with E-state index >= 15 is 0 Å². The van der Waals surface area contributed by atoms with Gasteiger partial charge >= 0.3 is 5.97 Å². The maximum Gasteiger partial charge on any atom is 0.307 e. The number of carboxylic acid groups (broad SMARTS) is 1. The predicted octanol–water partition coefficient (Wildman–Crippen LogP) is 1.89. The number of hydrogen-bond acceptors (Lipinski definition) is 3. The van der Waals surface area contributed by atoms with Gasteiger partial charge in [0, 0.05) is 0 Å². The van der Waals surface area contributed by atoms with E-state index in [0.29, 0.717) is 17.9 Å². The molecule has 0 bridgehead atoms. The number of benzene rings is 1. The summed E-state index contributed by atoms with van der Waals surface area (Å²) in [6.07, 6.45) is 0.713. The van der Waals surface area contributed by atoms with Crippen molar-refractivity contribution in [1.29, 1.82) is 0 Å². The zero-order chi connectivity index (χ0) is 11.7. The number of rotatable bonds is 4. The molecule has 1 aliphatic rings. The van der Waals surface area contributed by atoms with Crippen molar-refractivity contribution in [2.24, 2.45) is 5.92 Å². The molecule has 4 heteroatoms. The van der Waals surface area contributed by atoms with Gasteiger partial charge in [-0.2, -0.15) is 0 Å². The van der Waals surface area contributed by atoms with Crippen molar-refractivity contribution >= 4 is 5.97 Å². The average molecular weight is 222 g/mol. The first-order valence-electron chi connectivity index (χ1n) is 5.12. The minimum absolute atomic E-state index is 0.123. The molecule has 0 radical (unpaired) electrons. The Kier molecular flexibility index (Phi) is 2.73. The molecule has 0 amide bonds. The number of carbonyl (C=O) groups is 1. The Labute approximate surface area is 93.8 Å². The fraction of sp³-hybridized carbons (Fsp3) is 0.417. The van der Waals surface area contributed by atoms with Crippen molar-refractivity contribution < 1.29 is 19.4 Å². The largest absolute Gasteiger partial charge is 0.493 e. The zero-order valence-electron chi connectivity index (χ0n) is 9.27. The van der Waals surface area contributed by atoms with E-state index in [2.05, 4.69) is 0 Å². The van der Waals surface area contributed by atoms with Gasteiger partial charge in [0.2, 0.25) is 0 Å². The Morgan fingerprint density at radius 1 is 1.31 bits per heavy atom. The van der Waals surface area contributed by atoms with E-state index in [1.807, 2.05) is 18.2 Å². The summed E-state index contributed by atoms with van der Waals surface area (Å²) in [5.41, 5.74) is 1.00. The molecule has 1 aromatic carbocycles. The molecule has 1 aromatic rings. The van der Waals surface area contributed by atoms with Gasteiger partial charge in [-0.15, -0.1) is 0 Å². The van der Waals surface area contributed by atoms with Crippen LogP contribution in [0.5, 0.6) is 11.5 Å². The van der Waals surface area contributed by atoms with Crippen molar-refractivity contribution in [3.05, 3.63) is 23.8 Å². The summed E-state index contributed by atoms with van der Waals surface area (Å²) in [6.45, 7) is 0. The monoisotopic (exact) mass is 222 g/mol. The quantitative estimate of drug-likeness (QED) is 0.845. The van der Waals surface area contributed by atoms with Gasteiger partial charge in [-0.25, -0.2) is 0 Å². The third kappa shape index (κ3) is 1.83. The Hall–Kier alpha value is -1.71. The Bertz CT molecular complexity index is 413. The molecule has 1 aliphatic carbocycles. The van der Waals surface area contributed by atoms with Crippen LogP contribution in [0.25, 0.3) is 0 Å². The number of carboxylic acids is 1. The van der Waals surface area contributed by atoms with Crippen LogP contribution < -0.4 is 9.47 Å². The van der Waals surface area contributed by atoms with Gasteiger partial charge in [0.15, 0.2) is 11.5 Å². The molecule has 0 aromatic heterocycles. The van der Waals surface area contributed by atoms with E-state index in [1.165, 1.54) is 0 Å². The Morgan fingerprint density at radius 3 is 2.50 bits per heavy atom. The molecule has 4 nitrogen and oxygen atoms in total. The maximum atomic E-state index is 10.8. The third-order valence-electron chi connectivity index (χ3n) is 2.94. The van der Waals surface area contributed by atoms with Crippen LogP contribution in [0.2, 0.25) is 0 Å². The molecule has 0 heterocycles. The van der Waals surface area contributed by atoms with Crippen molar-refractivity contribution in [2.75, 3.05) is 14.2 Å². The molecule has 0 saturated heterocycles. The molecule has 16 heavy (non-hydrogen) atoms. The summed E-state index contributed by atoms with van der Waals surface area (Å²) in [6, 6.07) is 5.56. The summed E-state index contributed by atoms with van der Waals surface area (Å²) in [5, 5.41) is 8.86. The summed E-state index contributed by atoms with van der Waals surface area (Å²) in [7, 11) is 3.15. The van der Waals surface area contributed by atoms with Crippen molar-refractivity contribution in [3.8, 4) is 11.5 Å². The molecular formula is C12H14O4. The first-order chi connectivity index (χ1) is 7.67. The molecule has 1 saturated carbocycles. The molecule has 1 N–H and O–H groups in total. The van der Waals surface area contributed by atoms with Crippen molar-refractivity contribution in [1.82, 2.24) is 0 Å².